The number of furan rings is 1. The molecule has 11 heteroatoms. The van der Waals surface area contributed by atoms with Crippen LogP contribution < -0.4 is 14.4 Å². The van der Waals surface area contributed by atoms with Gasteiger partial charge in [0.05, 0.1) is 11.1 Å². The SMILES string of the molecule is Cc1c(C(=O)Nc2ccc(-c3ccc(N(C(C(=O)O)C(C)C)S(=O)O)cc3)cc2)oc2cccc(OCc3ccncc3)c12. The maximum Gasteiger partial charge on any atom is 0.327 e. The molecular formula is C33H31N3O7S. The van der Waals surface area contributed by atoms with E-state index in [1.165, 1.54) is 0 Å². The molecular weight excluding hydrogens is 582 g/mol. The van der Waals surface area contributed by atoms with E-state index in [2.05, 4.69) is 10.3 Å². The smallest absolute Gasteiger partial charge is 0.327 e. The Bertz CT molecular complexity index is 1800. The van der Waals surface area contributed by atoms with Crippen LogP contribution in [0.1, 0.15) is 35.5 Å². The van der Waals surface area contributed by atoms with Gasteiger partial charge in [-0.15, -0.1) is 0 Å². The van der Waals surface area contributed by atoms with Crippen molar-refractivity contribution in [2.24, 2.45) is 5.92 Å². The fourth-order valence-corrected chi connectivity index (χ4v) is 5.81. The van der Waals surface area contributed by atoms with Crippen LogP contribution in [0.3, 0.4) is 0 Å². The van der Waals surface area contributed by atoms with Crippen LogP contribution in [0.25, 0.3) is 22.1 Å². The second-order valence-corrected chi connectivity index (χ2v) is 11.3. The van der Waals surface area contributed by atoms with Crippen LogP contribution in [0.15, 0.2) is 95.7 Å². The van der Waals surface area contributed by atoms with Crippen LogP contribution in [0.5, 0.6) is 5.75 Å². The molecule has 3 N–H and O–H groups in total. The second kappa shape index (κ2) is 13.1. The first-order valence-electron chi connectivity index (χ1n) is 13.8. The summed E-state index contributed by atoms with van der Waals surface area (Å²) in [5.41, 5.74) is 4.70. The molecule has 0 bridgehead atoms. The molecule has 0 aliphatic carbocycles. The summed E-state index contributed by atoms with van der Waals surface area (Å²) in [5, 5.41) is 13.2. The first kappa shape index (κ1) is 30.5. The minimum atomic E-state index is -2.52. The highest BCUT2D eigenvalue weighted by atomic mass is 32.2. The van der Waals surface area contributed by atoms with Gasteiger partial charge in [0, 0.05) is 23.6 Å². The van der Waals surface area contributed by atoms with Crippen LogP contribution >= 0.6 is 0 Å². The summed E-state index contributed by atoms with van der Waals surface area (Å²) in [6.07, 6.45) is 3.41. The molecule has 1 amide bonds. The Hall–Kier alpha value is -5.00. The van der Waals surface area contributed by atoms with E-state index in [4.69, 9.17) is 9.15 Å². The molecule has 5 rings (SSSR count). The van der Waals surface area contributed by atoms with Crippen molar-refractivity contribution in [2.45, 2.75) is 33.4 Å². The number of carbonyl (C=O) groups excluding carboxylic acids is 1. The topological polar surface area (TPSA) is 142 Å². The normalized spacial score (nSPS) is 12.6. The molecule has 2 unspecified atom stereocenters. The number of ether oxygens (including phenoxy) is 1. The van der Waals surface area contributed by atoms with Gasteiger partial charge in [-0.2, -0.15) is 0 Å². The quantitative estimate of drug-likeness (QED) is 0.140. The van der Waals surface area contributed by atoms with Crippen molar-refractivity contribution in [3.8, 4) is 16.9 Å². The number of aromatic nitrogens is 1. The van der Waals surface area contributed by atoms with Crippen molar-refractivity contribution in [3.05, 3.63) is 108 Å². The predicted molar refractivity (Wildman–Crippen MR) is 169 cm³/mol. The predicted octanol–water partition coefficient (Wildman–Crippen LogP) is 6.69. The molecule has 44 heavy (non-hydrogen) atoms. The lowest BCUT2D eigenvalue weighted by molar-refractivity contribution is -0.139. The third kappa shape index (κ3) is 6.48. The number of fused-ring (bicyclic) bond motifs is 1. The van der Waals surface area contributed by atoms with Crippen LogP contribution in [-0.2, 0) is 22.7 Å². The lowest BCUT2D eigenvalue weighted by Gasteiger charge is -2.29. The van der Waals surface area contributed by atoms with E-state index in [1.54, 1.807) is 68.7 Å². The zero-order chi connectivity index (χ0) is 31.4. The van der Waals surface area contributed by atoms with Crippen molar-refractivity contribution in [1.82, 2.24) is 4.98 Å². The highest BCUT2D eigenvalue weighted by Crippen LogP contribution is 2.34. The molecule has 0 aliphatic heterocycles. The Kier molecular flexibility index (Phi) is 9.07. The van der Waals surface area contributed by atoms with Gasteiger partial charge in [-0.05, 0) is 78.1 Å². The Labute approximate surface area is 256 Å². The van der Waals surface area contributed by atoms with E-state index >= 15 is 0 Å². The number of aryl methyl sites for hydroxylation is 1. The Morgan fingerprint density at radius 2 is 1.61 bits per heavy atom. The third-order valence-electron chi connectivity index (χ3n) is 7.17. The molecule has 0 saturated heterocycles. The molecule has 3 aromatic carbocycles. The molecule has 226 valence electrons. The zero-order valence-electron chi connectivity index (χ0n) is 24.3. The number of carbonyl (C=O) groups is 2. The Balaban J connectivity index is 1.30. The van der Waals surface area contributed by atoms with Gasteiger partial charge in [-0.1, -0.05) is 44.2 Å². The molecule has 2 aromatic heterocycles. The number of carboxylic acids is 1. The number of rotatable bonds is 11. The van der Waals surface area contributed by atoms with E-state index in [0.717, 1.165) is 26.4 Å². The number of pyridine rings is 1. The molecule has 2 atom stereocenters. The summed E-state index contributed by atoms with van der Waals surface area (Å²) in [4.78, 5) is 29.0. The summed E-state index contributed by atoms with van der Waals surface area (Å²) >= 11 is -2.52. The van der Waals surface area contributed by atoms with E-state index < -0.39 is 35.1 Å². The standard InChI is InChI=1S/C33H31N3O7S/c1-20(2)30(33(38)39)36(44(40)41)26-13-9-24(10-14-26)23-7-11-25(12-8-23)35-32(37)31-21(3)29-27(5-4-6-28(29)43-31)42-19-22-15-17-34-18-16-22/h4-18,20,30H,19H2,1-3H3,(H,35,37)(H,38,39)(H,40,41). The van der Waals surface area contributed by atoms with Gasteiger partial charge in [0.2, 0.25) is 0 Å². The Morgan fingerprint density at radius 1 is 0.977 bits per heavy atom. The van der Waals surface area contributed by atoms with Crippen LogP contribution in [0.4, 0.5) is 11.4 Å². The fraction of sp³-hybridized carbons (Fsp3) is 0.182. The summed E-state index contributed by atoms with van der Waals surface area (Å²) in [7, 11) is 0. The number of benzene rings is 3. The molecule has 0 aliphatic rings. The third-order valence-corrected chi connectivity index (χ3v) is 7.94. The van der Waals surface area contributed by atoms with E-state index in [9.17, 15) is 23.5 Å². The van der Waals surface area contributed by atoms with Gasteiger partial charge in [-0.3, -0.25) is 18.6 Å². The number of aliphatic carboxylic acids is 1. The van der Waals surface area contributed by atoms with Gasteiger partial charge in [0.25, 0.3) is 17.2 Å². The molecule has 10 nitrogen and oxygen atoms in total. The van der Waals surface area contributed by atoms with E-state index in [1.807, 2.05) is 43.3 Å². The maximum absolute atomic E-state index is 13.2. The van der Waals surface area contributed by atoms with Gasteiger partial charge < -0.3 is 19.6 Å². The number of amides is 1. The molecule has 5 aromatic rings. The van der Waals surface area contributed by atoms with Gasteiger partial charge in [0.1, 0.15) is 24.0 Å². The molecule has 0 radical (unpaired) electrons. The van der Waals surface area contributed by atoms with Crippen LogP contribution in [0, 0.1) is 12.8 Å². The molecule has 2 heterocycles. The number of hydrogen-bond acceptors (Lipinski definition) is 6. The van der Waals surface area contributed by atoms with Crippen LogP contribution in [0.2, 0.25) is 0 Å². The summed E-state index contributed by atoms with van der Waals surface area (Å²) in [5.74, 6) is -1.18. The lowest BCUT2D eigenvalue weighted by Crippen LogP contribution is -2.45. The fourth-order valence-electron chi connectivity index (χ4n) is 4.98. The number of hydrogen-bond donors (Lipinski definition) is 3. The van der Waals surface area contributed by atoms with E-state index in [0.29, 0.717) is 34.9 Å². The number of nitrogens with zero attached hydrogens (tertiary/aromatic N) is 2. The van der Waals surface area contributed by atoms with Gasteiger partial charge in [0.15, 0.2) is 5.76 Å². The maximum atomic E-state index is 13.2. The molecule has 0 spiro atoms. The highest BCUT2D eigenvalue weighted by Gasteiger charge is 2.32. The highest BCUT2D eigenvalue weighted by molar-refractivity contribution is 7.80. The number of anilines is 2. The van der Waals surface area contributed by atoms with Crippen molar-refractivity contribution in [2.75, 3.05) is 9.62 Å². The summed E-state index contributed by atoms with van der Waals surface area (Å²) < 4.78 is 34.8. The first-order valence-corrected chi connectivity index (χ1v) is 14.9. The number of nitrogens with one attached hydrogen (secondary N) is 1. The van der Waals surface area contributed by atoms with Gasteiger partial charge in [-0.25, -0.2) is 9.00 Å². The van der Waals surface area contributed by atoms with E-state index in [-0.39, 0.29) is 5.76 Å². The molecule has 0 saturated carbocycles. The minimum Gasteiger partial charge on any atom is -0.488 e. The summed E-state index contributed by atoms with van der Waals surface area (Å²) in [6, 6.07) is 21.9. The molecule has 0 fully saturated rings. The average Bonchev–Trinajstić information content (AvgIpc) is 3.36. The Morgan fingerprint density at radius 3 is 2.20 bits per heavy atom. The average molecular weight is 614 g/mol. The van der Waals surface area contributed by atoms with Gasteiger partial charge >= 0.3 is 5.97 Å². The van der Waals surface area contributed by atoms with Crippen molar-refractivity contribution in [1.29, 1.82) is 0 Å². The summed E-state index contributed by atoms with van der Waals surface area (Å²) in [6.45, 7) is 5.53. The zero-order valence-corrected chi connectivity index (χ0v) is 25.1. The van der Waals surface area contributed by atoms with Crippen molar-refractivity contribution in [3.63, 3.8) is 0 Å². The number of carboxylic acid groups (broad SMARTS) is 1. The minimum absolute atomic E-state index is 0.187. The lowest BCUT2D eigenvalue weighted by atomic mass is 10.0. The van der Waals surface area contributed by atoms with Crippen molar-refractivity contribution < 1.29 is 32.6 Å². The van der Waals surface area contributed by atoms with Crippen molar-refractivity contribution >= 4 is 45.5 Å². The monoisotopic (exact) mass is 613 g/mol. The second-order valence-electron chi connectivity index (χ2n) is 10.5. The largest absolute Gasteiger partial charge is 0.488 e. The van der Waals surface area contributed by atoms with Crippen LogP contribution in [-0.4, -0.2) is 36.8 Å². The first-order chi connectivity index (χ1) is 21.1.